The van der Waals surface area contributed by atoms with Gasteiger partial charge in [-0.05, 0) is 6.92 Å². The second kappa shape index (κ2) is 5.68. The highest BCUT2D eigenvalue weighted by molar-refractivity contribution is 5.21. The Kier molecular flexibility index (Phi) is 3.86. The van der Waals surface area contributed by atoms with Crippen molar-refractivity contribution in [3.63, 3.8) is 0 Å². The number of nitrogens with zero attached hydrogens (tertiary/aromatic N) is 5. The van der Waals surface area contributed by atoms with E-state index in [0.29, 0.717) is 25.2 Å². The van der Waals surface area contributed by atoms with E-state index in [0.717, 1.165) is 24.2 Å². The highest BCUT2D eigenvalue weighted by Crippen LogP contribution is 2.27. The Morgan fingerprint density at radius 3 is 2.77 bits per heavy atom. The summed E-state index contributed by atoms with van der Waals surface area (Å²) in [6.07, 6.45) is 1.12. The fourth-order valence-corrected chi connectivity index (χ4v) is 2.57. The molecule has 0 radical (unpaired) electrons. The van der Waals surface area contributed by atoms with Gasteiger partial charge in [-0.25, -0.2) is 9.97 Å². The van der Waals surface area contributed by atoms with Gasteiger partial charge in [0.05, 0.1) is 11.9 Å². The molecule has 2 aromatic heterocycles. The Labute approximate surface area is 125 Å². The topological polar surface area (TPSA) is 46.8 Å². The van der Waals surface area contributed by atoms with E-state index in [4.69, 9.17) is 0 Å². The molecule has 0 fully saturated rings. The van der Waals surface area contributed by atoms with Crippen LogP contribution in [0.1, 0.15) is 29.6 Å². The lowest BCUT2D eigenvalue weighted by Crippen LogP contribution is -2.31. The Morgan fingerprint density at radius 1 is 1.27 bits per heavy atom. The molecule has 5 nitrogen and oxygen atoms in total. The highest BCUT2D eigenvalue weighted by Gasteiger charge is 2.35. The van der Waals surface area contributed by atoms with Gasteiger partial charge in [-0.15, -0.1) is 0 Å². The third-order valence-corrected chi connectivity index (χ3v) is 3.68. The van der Waals surface area contributed by atoms with Crippen LogP contribution >= 0.6 is 0 Å². The van der Waals surface area contributed by atoms with Crippen LogP contribution in [0.4, 0.5) is 13.2 Å². The molecule has 0 saturated carbocycles. The first-order chi connectivity index (χ1) is 10.5. The van der Waals surface area contributed by atoms with Gasteiger partial charge in [0.15, 0.2) is 0 Å². The molecule has 1 aliphatic heterocycles. The minimum absolute atomic E-state index is 0.503. The van der Waals surface area contributed by atoms with E-state index >= 15 is 0 Å². The summed E-state index contributed by atoms with van der Waals surface area (Å²) in [4.78, 5) is 9.27. The third kappa shape index (κ3) is 3.11. The molecule has 1 aliphatic rings. The van der Waals surface area contributed by atoms with Gasteiger partial charge in [0.1, 0.15) is 0 Å². The number of hydrogen-bond donors (Lipinski definition) is 0. The van der Waals surface area contributed by atoms with Gasteiger partial charge in [-0.3, -0.25) is 9.58 Å². The summed E-state index contributed by atoms with van der Waals surface area (Å²) in [7, 11) is 0. The maximum Gasteiger partial charge on any atom is 0.451 e. The van der Waals surface area contributed by atoms with Crippen LogP contribution < -0.4 is 0 Å². The lowest BCUT2D eigenvalue weighted by molar-refractivity contribution is -0.145. The molecule has 0 saturated heterocycles. The van der Waals surface area contributed by atoms with E-state index in [1.54, 1.807) is 0 Å². The summed E-state index contributed by atoms with van der Waals surface area (Å²) in [6, 6.07) is 0. The maximum atomic E-state index is 12.6. The average Bonchev–Trinajstić information content (AvgIpc) is 2.93. The van der Waals surface area contributed by atoms with Gasteiger partial charge in [-0.2, -0.15) is 18.3 Å². The van der Waals surface area contributed by atoms with E-state index in [1.165, 1.54) is 6.20 Å². The van der Waals surface area contributed by atoms with Gasteiger partial charge in [0, 0.05) is 56.1 Å². The molecular formula is C14H16F3N5. The number of aryl methyl sites for hydroxylation is 1. The molecule has 0 bridgehead atoms. The lowest BCUT2D eigenvalue weighted by Gasteiger charge is -2.27. The highest BCUT2D eigenvalue weighted by atomic mass is 19.4. The zero-order chi connectivity index (χ0) is 15.7. The largest absolute Gasteiger partial charge is 0.451 e. The lowest BCUT2D eigenvalue weighted by atomic mass is 10.1. The van der Waals surface area contributed by atoms with Crippen molar-refractivity contribution in [3.05, 3.63) is 41.2 Å². The first kappa shape index (κ1) is 15.0. The summed E-state index contributed by atoms with van der Waals surface area (Å²) in [5.74, 6) is -1.05. The molecule has 0 atom stereocenters. The molecule has 0 aromatic carbocycles. The molecule has 0 amide bonds. The molecule has 2 aromatic rings. The summed E-state index contributed by atoms with van der Waals surface area (Å²) in [5, 5.41) is 4.22. The van der Waals surface area contributed by atoms with Crippen molar-refractivity contribution in [2.45, 2.75) is 39.2 Å². The van der Waals surface area contributed by atoms with Gasteiger partial charge in [0.2, 0.25) is 5.82 Å². The van der Waals surface area contributed by atoms with Crippen LogP contribution in [0, 0.1) is 0 Å². The molecule has 118 valence electrons. The van der Waals surface area contributed by atoms with Crippen LogP contribution in [-0.2, 0) is 32.2 Å². The Bertz CT molecular complexity index is 665. The van der Waals surface area contributed by atoms with Crippen LogP contribution in [0.15, 0.2) is 18.6 Å². The maximum absolute atomic E-state index is 12.6. The number of rotatable bonds is 3. The van der Waals surface area contributed by atoms with Crippen molar-refractivity contribution in [1.29, 1.82) is 0 Å². The van der Waals surface area contributed by atoms with Crippen LogP contribution in [-0.4, -0.2) is 31.2 Å². The third-order valence-electron chi connectivity index (χ3n) is 3.68. The van der Waals surface area contributed by atoms with Gasteiger partial charge in [0.25, 0.3) is 0 Å². The zero-order valence-electron chi connectivity index (χ0n) is 12.1. The second-order valence-corrected chi connectivity index (χ2v) is 5.33. The Morgan fingerprint density at radius 2 is 2.09 bits per heavy atom. The molecule has 0 aliphatic carbocycles. The van der Waals surface area contributed by atoms with Crippen LogP contribution in [0.2, 0.25) is 0 Å². The fraction of sp³-hybridized carbons (Fsp3) is 0.500. The minimum atomic E-state index is -4.49. The first-order valence-electron chi connectivity index (χ1n) is 7.11. The van der Waals surface area contributed by atoms with Gasteiger partial charge < -0.3 is 0 Å². The smallest absolute Gasteiger partial charge is 0.294 e. The Balaban J connectivity index is 1.71. The molecular weight excluding hydrogens is 295 g/mol. The van der Waals surface area contributed by atoms with Crippen LogP contribution in [0.25, 0.3) is 0 Å². The van der Waals surface area contributed by atoms with Crippen molar-refractivity contribution >= 4 is 0 Å². The fourth-order valence-electron chi connectivity index (χ4n) is 2.57. The van der Waals surface area contributed by atoms with Crippen molar-refractivity contribution < 1.29 is 13.2 Å². The molecule has 0 N–H and O–H groups in total. The van der Waals surface area contributed by atoms with Crippen LogP contribution in [0.3, 0.4) is 0 Å². The van der Waals surface area contributed by atoms with Gasteiger partial charge >= 0.3 is 6.18 Å². The normalized spacial score (nSPS) is 15.8. The van der Waals surface area contributed by atoms with E-state index in [-0.39, 0.29) is 0 Å². The summed E-state index contributed by atoms with van der Waals surface area (Å²) in [6.45, 7) is 4.80. The summed E-state index contributed by atoms with van der Waals surface area (Å²) < 4.78 is 39.7. The number of halogens is 3. The van der Waals surface area contributed by atoms with Crippen molar-refractivity contribution in [2.24, 2.45) is 0 Å². The second-order valence-electron chi connectivity index (χ2n) is 5.33. The number of fused-ring (bicyclic) bond motifs is 1. The SMILES string of the molecule is CCn1cc(CN2CCc3nc(C(F)(F)F)ncc3C2)cn1. The molecule has 3 heterocycles. The van der Waals surface area contributed by atoms with Crippen molar-refractivity contribution in [3.8, 4) is 0 Å². The van der Waals surface area contributed by atoms with E-state index in [2.05, 4.69) is 20.0 Å². The standard InChI is InChI=1S/C14H16F3N5/c1-2-22-8-10(5-19-22)7-21-4-3-12-11(9-21)6-18-13(20-12)14(15,16)17/h5-6,8H,2-4,7,9H2,1H3. The molecule has 8 heteroatoms. The molecule has 0 unspecified atom stereocenters. The number of aromatic nitrogens is 4. The Hall–Kier alpha value is -1.96. The van der Waals surface area contributed by atoms with Crippen LogP contribution in [0.5, 0.6) is 0 Å². The summed E-state index contributed by atoms with van der Waals surface area (Å²) >= 11 is 0. The zero-order valence-corrected chi connectivity index (χ0v) is 12.1. The predicted molar refractivity (Wildman–Crippen MR) is 72.8 cm³/mol. The minimum Gasteiger partial charge on any atom is -0.294 e. The molecule has 0 spiro atoms. The first-order valence-corrected chi connectivity index (χ1v) is 7.11. The van der Waals surface area contributed by atoms with E-state index in [9.17, 15) is 13.2 Å². The van der Waals surface area contributed by atoms with Crippen molar-refractivity contribution in [2.75, 3.05) is 6.54 Å². The van der Waals surface area contributed by atoms with Gasteiger partial charge in [-0.1, -0.05) is 0 Å². The molecule has 22 heavy (non-hydrogen) atoms. The quantitative estimate of drug-likeness (QED) is 0.872. The average molecular weight is 311 g/mol. The summed E-state index contributed by atoms with van der Waals surface area (Å²) in [5.41, 5.74) is 2.36. The van der Waals surface area contributed by atoms with E-state index in [1.807, 2.05) is 24.0 Å². The van der Waals surface area contributed by atoms with Crippen molar-refractivity contribution in [1.82, 2.24) is 24.6 Å². The number of alkyl halides is 3. The monoisotopic (exact) mass is 311 g/mol. The number of hydrogen-bond acceptors (Lipinski definition) is 4. The van der Waals surface area contributed by atoms with E-state index < -0.39 is 12.0 Å². The predicted octanol–water partition coefficient (Wildman–Crippen LogP) is 2.27. The molecule has 3 rings (SSSR count).